The van der Waals surface area contributed by atoms with Crippen LogP contribution in [-0.4, -0.2) is 11.6 Å². The van der Waals surface area contributed by atoms with Crippen molar-refractivity contribution in [2.75, 3.05) is 0 Å². The molecule has 1 aliphatic heterocycles. The van der Waals surface area contributed by atoms with Gasteiger partial charge in [-0.05, 0) is 47.2 Å². The number of hydrogen-bond donors (Lipinski definition) is 0. The van der Waals surface area contributed by atoms with Gasteiger partial charge in [0.2, 0.25) is 0 Å². The summed E-state index contributed by atoms with van der Waals surface area (Å²) in [5.74, 6) is -0.585. The van der Waals surface area contributed by atoms with Crippen LogP contribution in [0.3, 0.4) is 0 Å². The quantitative estimate of drug-likeness (QED) is 0.417. The molecule has 0 saturated carbocycles. The Labute approximate surface area is 185 Å². The van der Waals surface area contributed by atoms with Crippen molar-refractivity contribution >= 4 is 90.8 Å². The van der Waals surface area contributed by atoms with Gasteiger partial charge in [0.15, 0.2) is 11.6 Å². The van der Waals surface area contributed by atoms with Crippen LogP contribution in [0.1, 0.15) is 20.7 Å². The van der Waals surface area contributed by atoms with E-state index in [2.05, 4.69) is 22.9 Å². The molecular formula is C20H8Cl2O2S4. The molecule has 5 rings (SSSR count). The number of rotatable bonds is 0. The lowest BCUT2D eigenvalue weighted by molar-refractivity contribution is 0.102. The third-order valence-electron chi connectivity index (χ3n) is 4.31. The molecule has 0 radical (unpaired) electrons. The van der Waals surface area contributed by atoms with Gasteiger partial charge in [0.05, 0.1) is 19.9 Å². The van der Waals surface area contributed by atoms with E-state index in [0.29, 0.717) is 15.7 Å². The fourth-order valence-electron chi connectivity index (χ4n) is 3.03. The Bertz CT molecular complexity index is 1380. The average molecular weight is 479 g/mol. The third-order valence-corrected chi connectivity index (χ3v) is 9.86. The van der Waals surface area contributed by atoms with Crippen molar-refractivity contribution < 1.29 is 9.59 Å². The first kappa shape index (κ1) is 18.7. The second-order valence-electron chi connectivity index (χ2n) is 5.97. The normalized spacial score (nSPS) is 17.1. The van der Waals surface area contributed by atoms with E-state index in [-0.39, 0.29) is 27.2 Å². The summed E-state index contributed by atoms with van der Waals surface area (Å²) in [6, 6.07) is 11.0. The molecular weight excluding hydrogens is 471 g/mol. The zero-order valence-corrected chi connectivity index (χ0v) is 18.6. The van der Waals surface area contributed by atoms with Crippen LogP contribution in [0.25, 0.3) is 9.81 Å². The molecule has 3 heterocycles. The van der Waals surface area contributed by atoms with E-state index in [4.69, 9.17) is 23.2 Å². The molecule has 0 saturated heterocycles. The Kier molecular flexibility index (Phi) is 4.82. The fraction of sp³-hybridized carbons (Fsp3) is 0. The molecule has 0 bridgehead atoms. The lowest BCUT2D eigenvalue weighted by atomic mass is 10.1. The van der Waals surface area contributed by atoms with E-state index in [1.807, 2.05) is 12.1 Å². The predicted octanol–water partition coefficient (Wildman–Crippen LogP) is 5.65. The first-order valence-corrected chi connectivity index (χ1v) is 12.2. The van der Waals surface area contributed by atoms with Crippen molar-refractivity contribution in [1.82, 2.24) is 0 Å². The van der Waals surface area contributed by atoms with Gasteiger partial charge in [0, 0.05) is 29.3 Å². The molecule has 0 fully saturated rings. The van der Waals surface area contributed by atoms with Gasteiger partial charge in [0.1, 0.15) is 0 Å². The number of thioether (sulfide) groups is 2. The van der Waals surface area contributed by atoms with Gasteiger partial charge >= 0.3 is 0 Å². The minimum absolute atomic E-state index is 0.196. The molecule has 0 amide bonds. The number of thiophene rings is 2. The molecule has 138 valence electrons. The van der Waals surface area contributed by atoms with Gasteiger partial charge in [-0.1, -0.05) is 46.7 Å². The van der Waals surface area contributed by atoms with E-state index < -0.39 is 0 Å². The topological polar surface area (TPSA) is 34.1 Å². The second-order valence-corrected chi connectivity index (χ2v) is 11.0. The molecule has 28 heavy (non-hydrogen) atoms. The lowest BCUT2D eigenvalue weighted by Crippen LogP contribution is -2.10. The van der Waals surface area contributed by atoms with Gasteiger partial charge in [-0.25, -0.2) is 0 Å². The van der Waals surface area contributed by atoms with Crippen molar-refractivity contribution in [2.24, 2.45) is 0 Å². The van der Waals surface area contributed by atoms with Gasteiger partial charge < -0.3 is 0 Å². The Morgan fingerprint density at radius 2 is 1.11 bits per heavy atom. The summed E-state index contributed by atoms with van der Waals surface area (Å²) in [4.78, 5) is 25.7. The summed E-state index contributed by atoms with van der Waals surface area (Å²) in [7, 11) is 0. The van der Waals surface area contributed by atoms with Crippen molar-refractivity contribution in [3.05, 3.63) is 86.5 Å². The Balaban J connectivity index is 1.70. The van der Waals surface area contributed by atoms with Gasteiger partial charge in [-0.3, -0.25) is 9.59 Å². The number of ketones is 2. The first-order valence-electron chi connectivity index (χ1n) is 8.04. The maximum Gasteiger partial charge on any atom is 0.199 e. The summed E-state index contributed by atoms with van der Waals surface area (Å²) < 4.78 is 5.32. The highest BCUT2D eigenvalue weighted by molar-refractivity contribution is 8.34. The predicted molar refractivity (Wildman–Crippen MR) is 122 cm³/mol. The van der Waals surface area contributed by atoms with Crippen molar-refractivity contribution in [2.45, 2.75) is 0 Å². The molecule has 0 N–H and O–H groups in total. The number of carbonyl (C=O) groups is 2. The standard InChI is InChI=1S/C20H8Cl2O2S4/c21-11-7-9-10(8-12(11)22)19(24)17(18(9)23)15-3-1-13(27-15)14-2-4-16(28-14)20-25-5-6-26-20/h1-8H/b14-13+. The average Bonchev–Trinajstić information content (AvgIpc) is 3.45. The van der Waals surface area contributed by atoms with Gasteiger partial charge in [-0.2, -0.15) is 0 Å². The largest absolute Gasteiger partial charge is 0.288 e. The van der Waals surface area contributed by atoms with Crippen LogP contribution >= 0.6 is 69.4 Å². The number of fused-ring (bicyclic) bond motifs is 1. The third kappa shape index (κ3) is 3.03. The van der Waals surface area contributed by atoms with Crippen LogP contribution in [0.2, 0.25) is 10.0 Å². The van der Waals surface area contributed by atoms with Crippen molar-refractivity contribution in [3.8, 4) is 0 Å². The second kappa shape index (κ2) is 7.20. The van der Waals surface area contributed by atoms with E-state index >= 15 is 0 Å². The SMILES string of the molecule is O=C1C(=c2cc/c(=c3/ccc(=C4SC=CS4)s3)s2)C(=O)c2cc(Cl)c(Cl)cc21. The highest BCUT2D eigenvalue weighted by atomic mass is 35.5. The van der Waals surface area contributed by atoms with Crippen LogP contribution in [0, 0.1) is 9.06 Å². The molecule has 2 aliphatic rings. The first-order chi connectivity index (χ1) is 13.5. The monoisotopic (exact) mass is 478 g/mol. The lowest BCUT2D eigenvalue weighted by Gasteiger charge is -1.98. The maximum atomic E-state index is 12.8. The smallest absolute Gasteiger partial charge is 0.199 e. The van der Waals surface area contributed by atoms with Crippen LogP contribution < -0.4 is 9.06 Å². The van der Waals surface area contributed by atoms with E-state index in [0.717, 1.165) is 9.06 Å². The summed E-state index contributed by atoms with van der Waals surface area (Å²) in [6.07, 6.45) is 0. The molecule has 0 unspecified atom stereocenters. The van der Waals surface area contributed by atoms with Crippen LogP contribution in [0.4, 0.5) is 0 Å². The number of benzene rings is 1. The zero-order chi connectivity index (χ0) is 19.4. The molecule has 3 aromatic rings. The molecule has 1 aromatic carbocycles. The van der Waals surface area contributed by atoms with Crippen LogP contribution in [0.15, 0.2) is 47.2 Å². The highest BCUT2D eigenvalue weighted by Crippen LogP contribution is 2.38. The van der Waals surface area contributed by atoms with Crippen LogP contribution in [0.5, 0.6) is 0 Å². The van der Waals surface area contributed by atoms with Crippen LogP contribution in [-0.2, 0) is 0 Å². The van der Waals surface area contributed by atoms with Gasteiger partial charge in [0.25, 0.3) is 0 Å². The molecule has 2 nitrogen and oxygen atoms in total. The van der Waals surface area contributed by atoms with E-state index in [1.54, 1.807) is 34.9 Å². The highest BCUT2D eigenvalue weighted by Gasteiger charge is 2.34. The minimum atomic E-state index is -0.292. The maximum absolute atomic E-state index is 12.8. The zero-order valence-electron chi connectivity index (χ0n) is 13.8. The Morgan fingerprint density at radius 3 is 1.68 bits per heavy atom. The fourth-order valence-corrected chi connectivity index (χ4v) is 7.48. The summed E-state index contributed by atoms with van der Waals surface area (Å²) in [5, 5.41) is 4.70. The summed E-state index contributed by atoms with van der Waals surface area (Å²) in [6.45, 7) is 0. The molecule has 2 aromatic heterocycles. The number of halogens is 2. The van der Waals surface area contributed by atoms with E-state index in [9.17, 15) is 9.59 Å². The van der Waals surface area contributed by atoms with E-state index in [1.165, 1.54) is 32.2 Å². The molecule has 1 aliphatic carbocycles. The minimum Gasteiger partial charge on any atom is -0.288 e. The molecule has 8 heteroatoms. The Hall–Kier alpha value is -1.28. The number of carbonyl (C=O) groups excluding carboxylic acids is 2. The Morgan fingerprint density at radius 1 is 0.643 bits per heavy atom. The number of hydrogen-bond acceptors (Lipinski definition) is 6. The molecule has 0 spiro atoms. The number of Topliss-reactive ketones (excluding diaryl/α,β-unsaturated/α-hetero) is 2. The van der Waals surface area contributed by atoms with Crippen molar-refractivity contribution in [3.63, 3.8) is 0 Å². The van der Waals surface area contributed by atoms with Crippen molar-refractivity contribution in [1.29, 1.82) is 0 Å². The summed E-state index contributed by atoms with van der Waals surface area (Å²) in [5.41, 5.74) is 0.839. The molecule has 0 atom stereocenters. The summed E-state index contributed by atoms with van der Waals surface area (Å²) >= 11 is 18.7. The van der Waals surface area contributed by atoms with Gasteiger partial charge in [-0.15, -0.1) is 22.7 Å².